The topological polar surface area (TPSA) is 93.5 Å². The van der Waals surface area contributed by atoms with Crippen LogP contribution in [-0.2, 0) is 19.9 Å². The van der Waals surface area contributed by atoms with Gasteiger partial charge >= 0.3 is 5.97 Å². The Morgan fingerprint density at radius 2 is 1.87 bits per heavy atom. The highest BCUT2D eigenvalue weighted by molar-refractivity contribution is 6.03. The van der Waals surface area contributed by atoms with Gasteiger partial charge in [0.2, 0.25) is 5.91 Å². The van der Waals surface area contributed by atoms with Crippen molar-refractivity contribution < 1.29 is 14.3 Å². The molecule has 3 aliphatic rings. The molecule has 8 nitrogen and oxygen atoms in total. The van der Waals surface area contributed by atoms with Crippen LogP contribution in [0.1, 0.15) is 24.9 Å². The molecule has 4 atom stereocenters. The zero-order valence-corrected chi connectivity index (χ0v) is 16.1. The summed E-state index contributed by atoms with van der Waals surface area (Å²) >= 11 is 0. The minimum atomic E-state index is -1.05. The highest BCUT2D eigenvalue weighted by Gasteiger charge is 2.64. The molecule has 1 spiro atoms. The molecule has 3 aliphatic heterocycles. The number of rotatable bonds is 1. The Labute approximate surface area is 171 Å². The average molecular weight is 402 g/mol. The van der Waals surface area contributed by atoms with E-state index in [0.29, 0.717) is 10.9 Å². The smallest absolute Gasteiger partial charge is 0.330 e. The Hall–Kier alpha value is -3.52. The lowest BCUT2D eigenvalue weighted by atomic mass is 9.88. The average Bonchev–Trinajstić information content (AvgIpc) is 3.34. The first kappa shape index (κ1) is 17.3. The van der Waals surface area contributed by atoms with Crippen molar-refractivity contribution >= 4 is 28.5 Å². The van der Waals surface area contributed by atoms with E-state index in [0.717, 1.165) is 11.3 Å². The normalized spacial score (nSPS) is 29.5. The molecule has 1 N–H and O–H groups in total. The molecule has 2 aromatic carbocycles. The SMILES string of the molecule is C[C@@H]1N[C@H]2N(C1=O)c1ccccc1[C@]21C[C@@H](n2cnc3ccccc3c2=O)C(=O)O1. The number of nitrogens with zero attached hydrogens (tertiary/aromatic N) is 3. The number of benzene rings is 2. The lowest BCUT2D eigenvalue weighted by Crippen LogP contribution is -2.49. The predicted octanol–water partition coefficient (Wildman–Crippen LogP) is 1.44. The first-order chi connectivity index (χ1) is 14.5. The van der Waals surface area contributed by atoms with Crippen molar-refractivity contribution in [1.29, 1.82) is 0 Å². The van der Waals surface area contributed by atoms with E-state index in [4.69, 9.17) is 4.74 Å². The fraction of sp³-hybridized carbons (Fsp3) is 0.273. The molecule has 4 heterocycles. The Bertz CT molecular complexity index is 1300. The van der Waals surface area contributed by atoms with Crippen molar-refractivity contribution in [3.63, 3.8) is 0 Å². The van der Waals surface area contributed by atoms with Crippen LogP contribution in [0.2, 0.25) is 0 Å². The number of carbonyl (C=O) groups is 2. The third-order valence-electron chi connectivity index (χ3n) is 6.41. The van der Waals surface area contributed by atoms with Crippen molar-refractivity contribution in [3.05, 3.63) is 70.8 Å². The molecule has 2 saturated heterocycles. The van der Waals surface area contributed by atoms with Gasteiger partial charge < -0.3 is 4.74 Å². The largest absolute Gasteiger partial charge is 0.449 e. The number of carbonyl (C=O) groups excluding carboxylic acids is 2. The van der Waals surface area contributed by atoms with Gasteiger partial charge in [-0.25, -0.2) is 9.78 Å². The predicted molar refractivity (Wildman–Crippen MR) is 108 cm³/mol. The Balaban J connectivity index is 1.49. The summed E-state index contributed by atoms with van der Waals surface area (Å²) in [4.78, 5) is 44.9. The van der Waals surface area contributed by atoms with Crippen molar-refractivity contribution in [1.82, 2.24) is 14.9 Å². The molecule has 1 amide bonds. The number of hydrogen-bond acceptors (Lipinski definition) is 6. The Morgan fingerprint density at radius 1 is 1.10 bits per heavy atom. The summed E-state index contributed by atoms with van der Waals surface area (Å²) in [5.74, 6) is -0.562. The van der Waals surface area contributed by atoms with Gasteiger partial charge in [0.15, 0.2) is 5.60 Å². The number of aromatic nitrogens is 2. The van der Waals surface area contributed by atoms with Gasteiger partial charge in [-0.1, -0.05) is 30.3 Å². The number of hydrogen-bond donors (Lipinski definition) is 1. The zero-order valence-electron chi connectivity index (χ0n) is 16.1. The molecule has 0 unspecified atom stereocenters. The summed E-state index contributed by atoms with van der Waals surface area (Å²) in [5, 5.41) is 3.73. The fourth-order valence-electron chi connectivity index (χ4n) is 5.02. The highest BCUT2D eigenvalue weighted by atomic mass is 16.6. The van der Waals surface area contributed by atoms with Crippen LogP contribution in [0.25, 0.3) is 10.9 Å². The standard InChI is InChI=1S/C22H18N4O4/c1-12-18(27)26-16-9-5-3-7-14(16)22(21(26)24-12)10-17(20(29)30-22)25-11-23-15-8-4-2-6-13(15)19(25)28/h2-9,11-12,17,21,24H,10H2,1H3/t12-,17+,21-,22+/m0/s1. The first-order valence-electron chi connectivity index (χ1n) is 9.89. The molecule has 0 bridgehead atoms. The first-order valence-corrected chi connectivity index (χ1v) is 9.89. The lowest BCUT2D eigenvalue weighted by Gasteiger charge is -2.30. The molecule has 30 heavy (non-hydrogen) atoms. The molecule has 1 aromatic heterocycles. The Kier molecular flexibility index (Phi) is 3.33. The summed E-state index contributed by atoms with van der Waals surface area (Å²) < 4.78 is 7.35. The molecule has 6 rings (SSSR count). The van der Waals surface area contributed by atoms with Crippen LogP contribution < -0.4 is 15.8 Å². The number of fused-ring (bicyclic) bond motifs is 6. The van der Waals surface area contributed by atoms with E-state index in [1.165, 1.54) is 10.9 Å². The number of amides is 1. The lowest BCUT2D eigenvalue weighted by molar-refractivity contribution is -0.152. The van der Waals surface area contributed by atoms with Crippen LogP contribution in [0.15, 0.2) is 59.7 Å². The van der Waals surface area contributed by atoms with Crippen molar-refractivity contribution in [2.24, 2.45) is 0 Å². The molecule has 150 valence electrons. The maximum absolute atomic E-state index is 13.1. The van der Waals surface area contributed by atoms with Crippen LogP contribution in [0.4, 0.5) is 5.69 Å². The van der Waals surface area contributed by atoms with Gasteiger partial charge in [0.1, 0.15) is 12.2 Å². The zero-order chi connectivity index (χ0) is 20.6. The second-order valence-electron chi connectivity index (χ2n) is 8.02. The van der Waals surface area contributed by atoms with Crippen molar-refractivity contribution in [2.75, 3.05) is 4.90 Å². The van der Waals surface area contributed by atoms with Crippen LogP contribution in [0.3, 0.4) is 0 Å². The number of nitrogens with one attached hydrogen (secondary N) is 1. The summed E-state index contributed by atoms with van der Waals surface area (Å²) in [6.45, 7) is 1.79. The third kappa shape index (κ3) is 2.03. The van der Waals surface area contributed by atoms with E-state index in [2.05, 4.69) is 10.3 Å². The monoisotopic (exact) mass is 402 g/mol. The van der Waals surface area contributed by atoms with Gasteiger partial charge in [0.05, 0.1) is 29.0 Å². The molecule has 3 aromatic rings. The molecule has 0 aliphatic carbocycles. The van der Waals surface area contributed by atoms with Gasteiger partial charge in [-0.3, -0.25) is 24.4 Å². The Morgan fingerprint density at radius 3 is 2.73 bits per heavy atom. The van der Waals surface area contributed by atoms with E-state index in [1.54, 1.807) is 30.0 Å². The van der Waals surface area contributed by atoms with E-state index >= 15 is 0 Å². The van der Waals surface area contributed by atoms with Gasteiger partial charge in [0.25, 0.3) is 5.56 Å². The second kappa shape index (κ2) is 5.76. The van der Waals surface area contributed by atoms with Gasteiger partial charge in [-0.2, -0.15) is 0 Å². The van der Waals surface area contributed by atoms with Gasteiger partial charge in [-0.15, -0.1) is 0 Å². The van der Waals surface area contributed by atoms with E-state index in [-0.39, 0.29) is 23.9 Å². The number of para-hydroxylation sites is 2. The van der Waals surface area contributed by atoms with E-state index in [9.17, 15) is 14.4 Å². The van der Waals surface area contributed by atoms with Crippen molar-refractivity contribution in [2.45, 2.75) is 37.2 Å². The van der Waals surface area contributed by atoms with Crippen molar-refractivity contribution in [3.8, 4) is 0 Å². The maximum atomic E-state index is 13.1. The summed E-state index contributed by atoms with van der Waals surface area (Å²) in [6, 6.07) is 13.3. The summed E-state index contributed by atoms with van der Waals surface area (Å²) in [6.07, 6.45) is 1.14. The van der Waals surface area contributed by atoms with Gasteiger partial charge in [0, 0.05) is 12.0 Å². The van der Waals surface area contributed by atoms with E-state index in [1.807, 2.05) is 30.3 Å². The third-order valence-corrected chi connectivity index (χ3v) is 6.41. The summed E-state index contributed by atoms with van der Waals surface area (Å²) in [7, 11) is 0. The number of anilines is 1. The second-order valence-corrected chi connectivity index (χ2v) is 8.02. The minimum Gasteiger partial charge on any atom is -0.449 e. The maximum Gasteiger partial charge on any atom is 0.330 e. The minimum absolute atomic E-state index is 0.0617. The van der Waals surface area contributed by atoms with E-state index < -0.39 is 23.8 Å². The van der Waals surface area contributed by atoms with Crippen LogP contribution in [-0.4, -0.2) is 33.6 Å². The molecule has 0 radical (unpaired) electrons. The number of ether oxygens (including phenoxy) is 1. The van der Waals surface area contributed by atoms with Crippen LogP contribution >= 0.6 is 0 Å². The molecular weight excluding hydrogens is 384 g/mol. The quantitative estimate of drug-likeness (QED) is 0.619. The molecule has 2 fully saturated rings. The fourth-order valence-corrected chi connectivity index (χ4v) is 5.02. The molecule has 8 heteroatoms. The van der Waals surface area contributed by atoms with Crippen LogP contribution in [0, 0.1) is 0 Å². The van der Waals surface area contributed by atoms with Crippen LogP contribution in [0.5, 0.6) is 0 Å². The highest BCUT2D eigenvalue weighted by Crippen LogP contribution is 2.54. The number of esters is 1. The van der Waals surface area contributed by atoms with Gasteiger partial charge in [-0.05, 0) is 25.1 Å². The molecule has 0 saturated carbocycles. The summed E-state index contributed by atoms with van der Waals surface area (Å²) in [5.41, 5.74) is 0.756. The molecular formula is C22H18N4O4.